The highest BCUT2D eigenvalue weighted by Gasteiger charge is 1.98. The van der Waals surface area contributed by atoms with Gasteiger partial charge >= 0.3 is 0 Å². The summed E-state index contributed by atoms with van der Waals surface area (Å²) in [5.74, 6) is 0. The van der Waals surface area contributed by atoms with Gasteiger partial charge in [-0.25, -0.2) is 0 Å². The molecule has 0 fully saturated rings. The largest absolute Gasteiger partial charge is 0.300 e. The molecule has 0 amide bonds. The maximum absolute atomic E-state index is 2.31. The fourth-order valence-electron chi connectivity index (χ4n) is 0.537. The van der Waals surface area contributed by atoms with Crippen LogP contribution in [0.5, 0.6) is 0 Å². The van der Waals surface area contributed by atoms with Crippen LogP contribution in [0.4, 0.5) is 0 Å². The van der Waals surface area contributed by atoms with Crippen LogP contribution in [-0.4, -0.2) is 24.5 Å². The minimum absolute atomic E-state index is 0.649. The standard InChI is InChI=1S/C9H19N.C2H6/c1-8(2)6-7-10(5)9(3)4;1-2/h6,9H,7H2,1-5H3;1-2H3. The van der Waals surface area contributed by atoms with Gasteiger partial charge < -0.3 is 4.90 Å². The highest BCUT2D eigenvalue weighted by atomic mass is 15.1. The van der Waals surface area contributed by atoms with Crippen LogP contribution in [0.1, 0.15) is 41.5 Å². The van der Waals surface area contributed by atoms with E-state index in [2.05, 4.69) is 45.7 Å². The maximum atomic E-state index is 2.31. The van der Waals surface area contributed by atoms with Crippen LogP contribution in [0.3, 0.4) is 0 Å². The van der Waals surface area contributed by atoms with E-state index in [-0.39, 0.29) is 0 Å². The zero-order valence-corrected chi connectivity index (χ0v) is 9.81. The Hall–Kier alpha value is -0.300. The molecule has 0 aromatic rings. The second kappa shape index (κ2) is 8.79. The van der Waals surface area contributed by atoms with Crippen molar-refractivity contribution >= 4 is 0 Å². The number of hydrogen-bond acceptors (Lipinski definition) is 1. The summed E-state index contributed by atoms with van der Waals surface area (Å²) in [5, 5.41) is 0. The van der Waals surface area contributed by atoms with Gasteiger partial charge in [0.2, 0.25) is 0 Å². The third-order valence-corrected chi connectivity index (χ3v) is 1.67. The highest BCUT2D eigenvalue weighted by Crippen LogP contribution is 1.95. The van der Waals surface area contributed by atoms with Crippen molar-refractivity contribution in [2.75, 3.05) is 13.6 Å². The number of hydrogen-bond donors (Lipinski definition) is 0. The van der Waals surface area contributed by atoms with Crippen molar-refractivity contribution in [2.45, 2.75) is 47.6 Å². The molecule has 0 aliphatic heterocycles. The zero-order valence-electron chi connectivity index (χ0n) is 9.81. The summed E-state index contributed by atoms with van der Waals surface area (Å²) >= 11 is 0. The van der Waals surface area contributed by atoms with E-state index in [0.717, 1.165) is 6.54 Å². The predicted octanol–water partition coefficient (Wildman–Crippen LogP) is 3.32. The smallest absolute Gasteiger partial charge is 0.0165 e. The predicted molar refractivity (Wildman–Crippen MR) is 58.5 cm³/mol. The summed E-state index contributed by atoms with van der Waals surface area (Å²) in [6.45, 7) is 13.7. The number of allylic oxidation sites excluding steroid dienone is 1. The molecule has 12 heavy (non-hydrogen) atoms. The Bertz CT molecular complexity index is 110. The van der Waals surface area contributed by atoms with Crippen molar-refractivity contribution in [3.8, 4) is 0 Å². The Morgan fingerprint density at radius 1 is 1.25 bits per heavy atom. The maximum Gasteiger partial charge on any atom is 0.0165 e. The van der Waals surface area contributed by atoms with Crippen LogP contribution in [0, 0.1) is 0 Å². The third kappa shape index (κ3) is 9.70. The van der Waals surface area contributed by atoms with E-state index >= 15 is 0 Å². The summed E-state index contributed by atoms with van der Waals surface area (Å²) < 4.78 is 0. The summed E-state index contributed by atoms with van der Waals surface area (Å²) in [6, 6.07) is 0.649. The molecule has 1 heteroatoms. The van der Waals surface area contributed by atoms with Crippen LogP contribution in [0.25, 0.3) is 0 Å². The lowest BCUT2D eigenvalue weighted by Gasteiger charge is -2.18. The van der Waals surface area contributed by atoms with E-state index in [1.807, 2.05) is 13.8 Å². The molecule has 0 saturated carbocycles. The minimum atomic E-state index is 0.649. The van der Waals surface area contributed by atoms with Gasteiger partial charge in [-0.05, 0) is 34.7 Å². The molecule has 0 aromatic heterocycles. The van der Waals surface area contributed by atoms with E-state index in [4.69, 9.17) is 0 Å². The Morgan fingerprint density at radius 2 is 1.67 bits per heavy atom. The minimum Gasteiger partial charge on any atom is -0.300 e. The normalized spacial score (nSPS) is 9.42. The van der Waals surface area contributed by atoms with Crippen LogP contribution in [-0.2, 0) is 0 Å². The molecule has 0 radical (unpaired) electrons. The number of rotatable bonds is 3. The summed E-state index contributed by atoms with van der Waals surface area (Å²) in [7, 11) is 2.14. The average molecular weight is 171 g/mol. The molecule has 0 rings (SSSR count). The molecule has 0 aliphatic rings. The van der Waals surface area contributed by atoms with Crippen LogP contribution < -0.4 is 0 Å². The number of likely N-dealkylation sites (N-methyl/N-ethyl adjacent to an activating group) is 1. The van der Waals surface area contributed by atoms with Crippen molar-refractivity contribution in [1.82, 2.24) is 4.90 Å². The molecule has 0 aromatic carbocycles. The van der Waals surface area contributed by atoms with Crippen molar-refractivity contribution in [1.29, 1.82) is 0 Å². The molecule has 0 aliphatic carbocycles. The molecule has 74 valence electrons. The summed E-state index contributed by atoms with van der Waals surface area (Å²) in [5.41, 5.74) is 1.40. The molecule has 0 unspecified atom stereocenters. The summed E-state index contributed by atoms with van der Waals surface area (Å²) in [6.07, 6.45) is 2.25. The molecule has 0 spiro atoms. The Morgan fingerprint density at radius 3 is 1.92 bits per heavy atom. The molecular formula is C11H25N. The second-order valence-corrected chi connectivity index (χ2v) is 3.31. The molecule has 1 nitrogen and oxygen atoms in total. The molecule has 0 bridgehead atoms. The van der Waals surface area contributed by atoms with Crippen LogP contribution >= 0.6 is 0 Å². The van der Waals surface area contributed by atoms with Gasteiger partial charge in [-0.3, -0.25) is 0 Å². The first kappa shape index (κ1) is 14.2. The van der Waals surface area contributed by atoms with Gasteiger partial charge in [-0.1, -0.05) is 25.5 Å². The van der Waals surface area contributed by atoms with Gasteiger partial charge in [-0.2, -0.15) is 0 Å². The highest BCUT2D eigenvalue weighted by molar-refractivity contribution is 4.94. The van der Waals surface area contributed by atoms with Gasteiger partial charge in [0.1, 0.15) is 0 Å². The zero-order chi connectivity index (χ0) is 10.1. The third-order valence-electron chi connectivity index (χ3n) is 1.67. The average Bonchev–Trinajstić information content (AvgIpc) is 2.03. The fourth-order valence-corrected chi connectivity index (χ4v) is 0.537. The van der Waals surface area contributed by atoms with E-state index in [1.54, 1.807) is 0 Å². The number of nitrogens with zero attached hydrogens (tertiary/aromatic N) is 1. The monoisotopic (exact) mass is 171 g/mol. The van der Waals surface area contributed by atoms with Crippen molar-refractivity contribution in [3.05, 3.63) is 11.6 Å². The van der Waals surface area contributed by atoms with Gasteiger partial charge in [-0.15, -0.1) is 0 Å². The van der Waals surface area contributed by atoms with E-state index in [9.17, 15) is 0 Å². The van der Waals surface area contributed by atoms with Gasteiger partial charge in [0.25, 0.3) is 0 Å². The molecule has 0 atom stereocenters. The molecule has 0 heterocycles. The van der Waals surface area contributed by atoms with E-state index in [0.29, 0.717) is 6.04 Å². The van der Waals surface area contributed by atoms with Crippen molar-refractivity contribution < 1.29 is 0 Å². The van der Waals surface area contributed by atoms with Crippen LogP contribution in [0.15, 0.2) is 11.6 Å². The van der Waals surface area contributed by atoms with Gasteiger partial charge in [0.05, 0.1) is 0 Å². The van der Waals surface area contributed by atoms with Crippen molar-refractivity contribution in [2.24, 2.45) is 0 Å². The summed E-state index contributed by atoms with van der Waals surface area (Å²) in [4.78, 5) is 2.31. The Balaban J connectivity index is 0. The molecule has 0 saturated heterocycles. The Kier molecular flexibility index (Phi) is 10.4. The fraction of sp³-hybridized carbons (Fsp3) is 0.818. The van der Waals surface area contributed by atoms with Gasteiger partial charge in [0, 0.05) is 12.6 Å². The molecule has 0 N–H and O–H groups in total. The topological polar surface area (TPSA) is 3.24 Å². The first-order valence-electron chi connectivity index (χ1n) is 4.87. The lowest BCUT2D eigenvalue weighted by molar-refractivity contribution is 0.302. The quantitative estimate of drug-likeness (QED) is 0.589. The lowest BCUT2D eigenvalue weighted by atomic mass is 10.3. The first-order valence-corrected chi connectivity index (χ1v) is 4.87. The Labute approximate surface area is 78.5 Å². The van der Waals surface area contributed by atoms with Gasteiger partial charge in [0.15, 0.2) is 0 Å². The van der Waals surface area contributed by atoms with E-state index < -0.39 is 0 Å². The second-order valence-electron chi connectivity index (χ2n) is 3.31. The lowest BCUT2D eigenvalue weighted by Crippen LogP contribution is -2.26. The SMILES string of the molecule is CC.CC(C)=CCN(C)C(C)C. The van der Waals surface area contributed by atoms with Crippen LogP contribution in [0.2, 0.25) is 0 Å². The van der Waals surface area contributed by atoms with E-state index in [1.165, 1.54) is 5.57 Å². The van der Waals surface area contributed by atoms with Crippen molar-refractivity contribution in [3.63, 3.8) is 0 Å². The molecular weight excluding hydrogens is 146 g/mol. The first-order chi connectivity index (χ1) is 5.54.